The Bertz CT molecular complexity index is 696. The number of benzene rings is 1. The van der Waals surface area contributed by atoms with Crippen molar-refractivity contribution in [1.82, 2.24) is 10.0 Å². The van der Waals surface area contributed by atoms with Crippen molar-refractivity contribution < 1.29 is 23.1 Å². The molecule has 0 saturated carbocycles. The molecule has 0 bridgehead atoms. The van der Waals surface area contributed by atoms with Crippen LogP contribution in [0.5, 0.6) is 0 Å². The second kappa shape index (κ2) is 9.66. The molecule has 1 aromatic carbocycles. The van der Waals surface area contributed by atoms with Gasteiger partial charge in [-0.1, -0.05) is 18.5 Å². The van der Waals surface area contributed by atoms with Crippen molar-refractivity contribution >= 4 is 27.5 Å². The maximum atomic E-state index is 12.2. The number of hydrogen-bond donors (Lipinski definition) is 3. The average molecular weight is 405 g/mol. The zero-order chi connectivity index (χ0) is 19.2. The molecule has 26 heavy (non-hydrogen) atoms. The van der Waals surface area contributed by atoms with Gasteiger partial charge in [-0.25, -0.2) is 13.1 Å². The number of amides is 1. The third-order valence-corrected chi connectivity index (χ3v) is 6.07. The molecule has 1 heterocycles. The first-order valence-electron chi connectivity index (χ1n) is 8.66. The summed E-state index contributed by atoms with van der Waals surface area (Å²) in [6.07, 6.45) is 1.59. The summed E-state index contributed by atoms with van der Waals surface area (Å²) in [4.78, 5) is 11.7. The van der Waals surface area contributed by atoms with E-state index in [-0.39, 0.29) is 36.1 Å². The number of sulfonamides is 1. The second-order valence-electron chi connectivity index (χ2n) is 6.22. The van der Waals surface area contributed by atoms with Gasteiger partial charge < -0.3 is 15.2 Å². The van der Waals surface area contributed by atoms with Crippen molar-refractivity contribution in [1.29, 1.82) is 0 Å². The zero-order valence-corrected chi connectivity index (χ0v) is 16.2. The van der Waals surface area contributed by atoms with Gasteiger partial charge in [-0.05, 0) is 43.5 Å². The summed E-state index contributed by atoms with van der Waals surface area (Å²) in [6.45, 7) is 1.80. The van der Waals surface area contributed by atoms with Crippen LogP contribution < -0.4 is 10.0 Å². The lowest BCUT2D eigenvalue weighted by atomic mass is 9.97. The van der Waals surface area contributed by atoms with E-state index in [1.807, 2.05) is 0 Å². The molecule has 3 N–H and O–H groups in total. The highest BCUT2D eigenvalue weighted by atomic mass is 35.5. The molecule has 1 amide bonds. The predicted molar refractivity (Wildman–Crippen MR) is 98.5 cm³/mol. The molecule has 1 saturated heterocycles. The quantitative estimate of drug-likeness (QED) is 0.608. The topological polar surface area (TPSA) is 105 Å². The fourth-order valence-electron chi connectivity index (χ4n) is 2.87. The molecular formula is C17H25ClN2O5S. The fraction of sp³-hybridized carbons (Fsp3) is 0.588. The summed E-state index contributed by atoms with van der Waals surface area (Å²) in [7, 11) is -3.60. The van der Waals surface area contributed by atoms with E-state index in [9.17, 15) is 18.3 Å². The molecule has 9 heteroatoms. The lowest BCUT2D eigenvalue weighted by Crippen LogP contribution is -2.51. The molecule has 146 valence electrons. The smallest absolute Gasteiger partial charge is 0.240 e. The van der Waals surface area contributed by atoms with Crippen molar-refractivity contribution in [3.63, 3.8) is 0 Å². The highest BCUT2D eigenvalue weighted by Gasteiger charge is 2.31. The lowest BCUT2D eigenvalue weighted by molar-refractivity contribution is -0.128. The van der Waals surface area contributed by atoms with Crippen LogP contribution in [0.4, 0.5) is 0 Å². The van der Waals surface area contributed by atoms with Gasteiger partial charge in [0.05, 0.1) is 23.6 Å². The average Bonchev–Trinajstić information content (AvgIpc) is 2.62. The number of halogens is 1. The third kappa shape index (κ3) is 5.92. The minimum atomic E-state index is -3.60. The monoisotopic (exact) mass is 404 g/mol. The van der Waals surface area contributed by atoms with Crippen LogP contribution >= 0.6 is 11.6 Å². The van der Waals surface area contributed by atoms with Crippen LogP contribution in [0.25, 0.3) is 0 Å². The number of hydrogen-bond acceptors (Lipinski definition) is 5. The Morgan fingerprint density at radius 2 is 2.00 bits per heavy atom. The van der Waals surface area contributed by atoms with E-state index in [1.54, 1.807) is 6.92 Å². The number of carbonyl (C=O) groups excluding carboxylic acids is 1. The van der Waals surface area contributed by atoms with Crippen LogP contribution in [-0.4, -0.2) is 50.8 Å². The summed E-state index contributed by atoms with van der Waals surface area (Å²) >= 11 is 5.77. The van der Waals surface area contributed by atoms with Gasteiger partial charge in [-0.2, -0.15) is 0 Å². The summed E-state index contributed by atoms with van der Waals surface area (Å²) < 4.78 is 32.8. The van der Waals surface area contributed by atoms with Crippen LogP contribution in [0.1, 0.15) is 32.6 Å². The number of aliphatic hydroxyl groups excluding tert-OH is 1. The minimum absolute atomic E-state index is 0.0776. The highest BCUT2D eigenvalue weighted by molar-refractivity contribution is 7.89. The van der Waals surface area contributed by atoms with Crippen LogP contribution in [-0.2, 0) is 19.6 Å². The first-order chi connectivity index (χ1) is 12.4. The molecule has 1 aromatic rings. The summed E-state index contributed by atoms with van der Waals surface area (Å²) in [5.41, 5.74) is 0. The van der Waals surface area contributed by atoms with Crippen molar-refractivity contribution in [2.24, 2.45) is 0 Å². The molecule has 0 aromatic heterocycles. The molecule has 1 fully saturated rings. The van der Waals surface area contributed by atoms with Gasteiger partial charge in [0, 0.05) is 18.0 Å². The molecule has 1 aliphatic heterocycles. The highest BCUT2D eigenvalue weighted by Crippen LogP contribution is 2.22. The standard InChI is InChI=1S/C17H25ClN2O5S/c1-2-17(22)20-15-8-5-13(25-16(15)11-21)9-10-19-26(23,24)14-6-3-12(18)4-7-14/h3-4,6-7,13,15-16,19,21H,2,5,8-11H2,1H3,(H,20,22)/t13-,15-,16-/m1/s1. The molecule has 0 unspecified atom stereocenters. The Labute approximate surface area is 159 Å². The van der Waals surface area contributed by atoms with E-state index in [0.717, 1.165) is 0 Å². The van der Waals surface area contributed by atoms with Crippen LogP contribution in [0, 0.1) is 0 Å². The van der Waals surface area contributed by atoms with E-state index in [1.165, 1.54) is 24.3 Å². The van der Waals surface area contributed by atoms with Gasteiger partial charge in [0.2, 0.25) is 15.9 Å². The second-order valence-corrected chi connectivity index (χ2v) is 8.43. The summed E-state index contributed by atoms with van der Waals surface area (Å²) in [6, 6.07) is 5.73. The number of nitrogens with one attached hydrogen (secondary N) is 2. The van der Waals surface area contributed by atoms with E-state index >= 15 is 0 Å². The van der Waals surface area contributed by atoms with Crippen molar-refractivity contribution in [3.8, 4) is 0 Å². The molecule has 7 nitrogen and oxygen atoms in total. The van der Waals surface area contributed by atoms with E-state index in [4.69, 9.17) is 16.3 Å². The van der Waals surface area contributed by atoms with Gasteiger partial charge in [0.1, 0.15) is 6.10 Å². The Balaban J connectivity index is 1.83. The zero-order valence-electron chi connectivity index (χ0n) is 14.7. The van der Waals surface area contributed by atoms with Crippen molar-refractivity contribution in [2.75, 3.05) is 13.2 Å². The Hall–Kier alpha value is -1.19. The normalized spacial score (nSPS) is 23.6. The third-order valence-electron chi connectivity index (χ3n) is 4.35. The maximum Gasteiger partial charge on any atom is 0.240 e. The summed E-state index contributed by atoms with van der Waals surface area (Å²) in [5, 5.41) is 12.8. The van der Waals surface area contributed by atoms with Gasteiger partial charge in [0.15, 0.2) is 0 Å². The predicted octanol–water partition coefficient (Wildman–Crippen LogP) is 1.44. The van der Waals surface area contributed by atoms with E-state index in [2.05, 4.69) is 10.0 Å². The molecule has 3 atom stereocenters. The Morgan fingerprint density at radius 1 is 1.31 bits per heavy atom. The Morgan fingerprint density at radius 3 is 2.62 bits per heavy atom. The number of carbonyl (C=O) groups is 1. The number of ether oxygens (including phenoxy) is 1. The Kier molecular flexibility index (Phi) is 7.85. The fourth-order valence-corrected chi connectivity index (χ4v) is 4.04. The van der Waals surface area contributed by atoms with Gasteiger partial charge >= 0.3 is 0 Å². The number of aliphatic hydroxyl groups is 1. The maximum absolute atomic E-state index is 12.2. The van der Waals surface area contributed by atoms with Gasteiger partial charge in [0.25, 0.3) is 0 Å². The molecule has 2 rings (SSSR count). The van der Waals surface area contributed by atoms with Crippen molar-refractivity contribution in [2.45, 2.75) is 55.8 Å². The number of rotatable bonds is 8. The van der Waals surface area contributed by atoms with Crippen molar-refractivity contribution in [3.05, 3.63) is 29.3 Å². The molecule has 0 radical (unpaired) electrons. The SMILES string of the molecule is CCC(=O)N[C@@H]1CC[C@H](CCNS(=O)(=O)c2ccc(Cl)cc2)O[C@@H]1CO. The summed E-state index contributed by atoms with van der Waals surface area (Å²) in [5.74, 6) is -0.0776. The van der Waals surface area contributed by atoms with Crippen LogP contribution in [0.15, 0.2) is 29.2 Å². The molecule has 0 spiro atoms. The van der Waals surface area contributed by atoms with Crippen LogP contribution in [0.2, 0.25) is 5.02 Å². The van der Waals surface area contributed by atoms with Crippen LogP contribution in [0.3, 0.4) is 0 Å². The van der Waals surface area contributed by atoms with Gasteiger partial charge in [-0.15, -0.1) is 0 Å². The largest absolute Gasteiger partial charge is 0.394 e. The first-order valence-corrected chi connectivity index (χ1v) is 10.5. The first kappa shape index (κ1) is 21.1. The minimum Gasteiger partial charge on any atom is -0.394 e. The molecule has 0 aliphatic carbocycles. The van der Waals surface area contributed by atoms with E-state index in [0.29, 0.717) is 30.7 Å². The van der Waals surface area contributed by atoms with E-state index < -0.39 is 16.1 Å². The molecule has 1 aliphatic rings. The van der Waals surface area contributed by atoms with Gasteiger partial charge in [-0.3, -0.25) is 4.79 Å². The lowest BCUT2D eigenvalue weighted by Gasteiger charge is -2.36. The molecular weight excluding hydrogens is 380 g/mol.